The summed E-state index contributed by atoms with van der Waals surface area (Å²) < 4.78 is 220. The SMILES string of the molecule is Cc1cc(CC(=O)N[C@@H](CC(=O)O)C(=O)O)c(C(C)(C)CC(=O)N(c2nn(CC(F)(F)F)c3c(-c4ccc(C#CC(C)(C)S(C)(=O)=O)nc4[C@H](Cc4cc(F)cc(F)c4)NC(=O)Cn4nc(C(F)(F)F)c5c4C(F)(F)[C@@H]4C[C@H]54)ccc(Cl)c23)S(C)(=O)=O)c(OP(=O)(O)O)c1. The number of sulfonamides is 1. The molecule has 3 aromatic carbocycles. The second-order valence-corrected chi connectivity index (χ2v) is 29.6. The fourth-order valence-electron chi connectivity index (χ4n) is 11.1. The lowest BCUT2D eigenvalue weighted by Gasteiger charge is -2.31. The van der Waals surface area contributed by atoms with E-state index in [-0.39, 0.29) is 36.8 Å². The lowest BCUT2D eigenvalue weighted by atomic mass is 9.77. The number of nitrogens with zero attached hydrogens (tertiary/aromatic N) is 6. The number of rotatable bonds is 22. The number of phosphoric acid groups is 1. The fraction of sp³-hybridized carbons (Fsp3) is 0.404. The van der Waals surface area contributed by atoms with Gasteiger partial charge in [0.15, 0.2) is 21.3 Å². The van der Waals surface area contributed by atoms with Gasteiger partial charge in [-0.2, -0.15) is 49.6 Å². The van der Waals surface area contributed by atoms with E-state index in [1.165, 1.54) is 26.8 Å². The molecule has 23 nitrogen and oxygen atoms in total. The molecule has 1 saturated carbocycles. The fourth-order valence-corrected chi connectivity index (χ4v) is 12.9. The average molecular weight is 1410 g/mol. The Morgan fingerprint density at radius 3 is 2.07 bits per heavy atom. The number of phosphoric ester groups is 1. The maximum atomic E-state index is 15.8. The summed E-state index contributed by atoms with van der Waals surface area (Å²) in [6.07, 6.45) is -13.8. The number of fused-ring (bicyclic) bond motifs is 4. The quantitative estimate of drug-likeness (QED) is 0.0211. The van der Waals surface area contributed by atoms with Crippen molar-refractivity contribution in [3.8, 4) is 28.7 Å². The van der Waals surface area contributed by atoms with Crippen molar-refractivity contribution in [2.24, 2.45) is 5.92 Å². The molecule has 2 aliphatic rings. The number of carbonyl (C=O) groups excluding carboxylic acids is 3. The Hall–Kier alpha value is -8.16. The first-order valence-corrected chi connectivity index (χ1v) is 33.1. The number of carboxylic acids is 2. The van der Waals surface area contributed by atoms with E-state index in [0.29, 0.717) is 12.3 Å². The predicted molar refractivity (Wildman–Crippen MR) is 312 cm³/mol. The lowest BCUT2D eigenvalue weighted by Crippen LogP contribution is -2.43. The number of sulfone groups is 1. The highest BCUT2D eigenvalue weighted by Crippen LogP contribution is 2.68. The van der Waals surface area contributed by atoms with E-state index in [2.05, 4.69) is 32.3 Å². The summed E-state index contributed by atoms with van der Waals surface area (Å²) in [4.78, 5) is 90.8. The number of carboxylic acid groups (broad SMARTS) is 2. The molecule has 6 aromatic rings. The molecule has 0 aliphatic heterocycles. The highest BCUT2D eigenvalue weighted by molar-refractivity contribution is 7.93. The van der Waals surface area contributed by atoms with Gasteiger partial charge in [0.05, 0.1) is 46.8 Å². The van der Waals surface area contributed by atoms with Crippen molar-refractivity contribution in [2.45, 2.75) is 126 Å². The standard InChI is InChI=1S/C57H54ClF10N8O15PS2/c1-26-14-28(19-40(77)71-38(52(82)83)22-43(80)81)46(39(15-26)91-92(84,85)86)53(2,3)23-42(79)76(94(7,89)90)51-45-36(58)11-10-33(48(45)75(73-51)25-55(61,62)63)32-9-8-31(12-13-54(4,5)93(6,87)88)69-47(32)37(18-27-16-29(59)20-30(60)17-27)70-41(78)24-74-50-44(49(72-74)57(66,67)68)34-21-35(34)56(50,64)65/h8-11,14-17,20,34-35,37-38H,18-19,21-25H2,1-7H3,(H,70,78)(H,71,77)(H,80,81)(H,82,83)(H2,84,85,86)/t34-,35+,37-,38-/m0/s1. The van der Waals surface area contributed by atoms with Crippen molar-refractivity contribution in [1.82, 2.24) is 35.2 Å². The summed E-state index contributed by atoms with van der Waals surface area (Å²) in [6.45, 7) is 2.50. The molecule has 0 bridgehead atoms. The molecule has 0 radical (unpaired) electrons. The zero-order valence-electron chi connectivity index (χ0n) is 49.8. The lowest BCUT2D eigenvalue weighted by molar-refractivity contribution is -0.147. The molecule has 8 rings (SSSR count). The smallest absolute Gasteiger partial charge is 0.481 e. The molecule has 37 heteroatoms. The van der Waals surface area contributed by atoms with E-state index in [0.717, 1.165) is 62.6 Å². The number of alkyl halides is 8. The molecule has 2 aliphatic carbocycles. The van der Waals surface area contributed by atoms with Gasteiger partial charge in [0, 0.05) is 52.3 Å². The van der Waals surface area contributed by atoms with Crippen LogP contribution in [0.1, 0.15) is 110 Å². The molecular weight excluding hydrogens is 1360 g/mol. The third-order valence-electron chi connectivity index (χ3n) is 15.2. The molecule has 3 aromatic heterocycles. The Kier molecular flexibility index (Phi) is 19.2. The molecule has 6 N–H and O–H groups in total. The minimum absolute atomic E-state index is 0.0841. The number of aryl methyl sites for hydroxylation is 1. The van der Waals surface area contributed by atoms with Crippen LogP contribution < -0.4 is 19.5 Å². The minimum atomic E-state index is -5.60. The first-order valence-electron chi connectivity index (χ1n) is 27.4. The van der Waals surface area contributed by atoms with Gasteiger partial charge in [-0.25, -0.2) is 40.0 Å². The molecule has 0 unspecified atom stereocenters. The Morgan fingerprint density at radius 2 is 1.51 bits per heavy atom. The number of pyridine rings is 1. The third kappa shape index (κ3) is 15.6. The van der Waals surface area contributed by atoms with Gasteiger partial charge in [-0.05, 0) is 98.5 Å². The van der Waals surface area contributed by atoms with Gasteiger partial charge < -0.3 is 25.4 Å². The van der Waals surface area contributed by atoms with Crippen molar-refractivity contribution in [1.29, 1.82) is 0 Å². The van der Waals surface area contributed by atoms with Crippen LogP contribution in [0.4, 0.5) is 49.7 Å². The van der Waals surface area contributed by atoms with Crippen LogP contribution in [-0.2, 0) is 91.8 Å². The molecule has 1 fully saturated rings. The number of hydrogen-bond donors (Lipinski definition) is 6. The Balaban J connectivity index is 1.34. The molecule has 94 heavy (non-hydrogen) atoms. The third-order valence-corrected chi connectivity index (χ3v) is 19.0. The number of aromatic nitrogens is 5. The maximum absolute atomic E-state index is 15.8. The zero-order chi connectivity index (χ0) is 70.3. The zero-order valence-corrected chi connectivity index (χ0v) is 53.1. The summed E-state index contributed by atoms with van der Waals surface area (Å²) in [5.41, 5.74) is -9.48. The number of nitrogens with one attached hydrogen (secondary N) is 2. The second-order valence-electron chi connectivity index (χ2n) is 23.6. The summed E-state index contributed by atoms with van der Waals surface area (Å²) >= 11 is 6.81. The summed E-state index contributed by atoms with van der Waals surface area (Å²) in [6, 6.07) is 4.31. The Morgan fingerprint density at radius 1 is 0.883 bits per heavy atom. The van der Waals surface area contributed by atoms with Crippen LogP contribution in [-0.4, -0.2) is 121 Å². The van der Waals surface area contributed by atoms with Crippen LogP contribution in [0.2, 0.25) is 5.02 Å². The highest BCUT2D eigenvalue weighted by Gasteiger charge is 2.68. The van der Waals surface area contributed by atoms with Gasteiger partial charge in [-0.1, -0.05) is 43.5 Å². The Bertz CT molecular complexity index is 4490. The molecule has 0 spiro atoms. The van der Waals surface area contributed by atoms with Gasteiger partial charge in [-0.3, -0.25) is 38.3 Å². The number of benzene rings is 3. The highest BCUT2D eigenvalue weighted by atomic mass is 35.5. The predicted octanol–water partition coefficient (Wildman–Crippen LogP) is 8.32. The minimum Gasteiger partial charge on any atom is -0.481 e. The molecule has 4 atom stereocenters. The molecular formula is C57H54ClF10N8O15PS2. The molecule has 3 amide bonds. The van der Waals surface area contributed by atoms with E-state index < -0.39 is 233 Å². The van der Waals surface area contributed by atoms with Crippen LogP contribution in [0.3, 0.4) is 0 Å². The van der Waals surface area contributed by atoms with Crippen LogP contribution in [0.15, 0.2) is 54.6 Å². The van der Waals surface area contributed by atoms with Crippen molar-refractivity contribution >= 4 is 85.7 Å². The van der Waals surface area contributed by atoms with Crippen LogP contribution in [0.25, 0.3) is 22.0 Å². The van der Waals surface area contributed by atoms with Gasteiger partial charge >= 0.3 is 32.1 Å². The Labute approximate surface area is 532 Å². The van der Waals surface area contributed by atoms with Crippen LogP contribution >= 0.6 is 19.4 Å². The molecule has 0 saturated heterocycles. The summed E-state index contributed by atoms with van der Waals surface area (Å²) in [7, 11) is -14.8. The first-order chi connectivity index (χ1) is 43.0. The number of aliphatic carboxylic acids is 2. The van der Waals surface area contributed by atoms with E-state index in [1.807, 2.05) is 5.32 Å². The summed E-state index contributed by atoms with van der Waals surface area (Å²) in [5, 5.41) is 29.2. The van der Waals surface area contributed by atoms with Crippen molar-refractivity contribution in [3.05, 3.63) is 122 Å². The van der Waals surface area contributed by atoms with E-state index >= 15 is 35.5 Å². The van der Waals surface area contributed by atoms with Crippen molar-refractivity contribution in [3.63, 3.8) is 0 Å². The summed E-state index contributed by atoms with van der Waals surface area (Å²) in [5.74, 6) is -13.7. The largest absolute Gasteiger partial charge is 0.524 e. The normalized spacial score (nSPS) is 16.3. The number of halogens is 11. The van der Waals surface area contributed by atoms with Gasteiger partial charge in [0.2, 0.25) is 27.7 Å². The molecule has 506 valence electrons. The van der Waals surface area contributed by atoms with Crippen molar-refractivity contribution < 1.29 is 114 Å². The maximum Gasteiger partial charge on any atom is 0.524 e. The van der Waals surface area contributed by atoms with E-state index in [1.54, 1.807) is 0 Å². The van der Waals surface area contributed by atoms with Crippen molar-refractivity contribution in [2.75, 3.05) is 16.8 Å². The van der Waals surface area contributed by atoms with E-state index in [4.69, 9.17) is 16.1 Å². The van der Waals surface area contributed by atoms with Gasteiger partial charge in [0.25, 0.3) is 5.92 Å². The first kappa shape index (κ1) is 71.7. The number of hydrogen-bond acceptors (Lipinski definition) is 14. The molecule has 3 heterocycles. The van der Waals surface area contributed by atoms with Crippen LogP contribution in [0.5, 0.6) is 5.75 Å². The second kappa shape index (κ2) is 25.2. The topological polar surface area (TPSA) is 337 Å². The number of anilines is 1. The average Bonchev–Trinajstić information content (AvgIpc) is 1.52. The number of carbonyl (C=O) groups is 5. The van der Waals surface area contributed by atoms with Gasteiger partial charge in [0.1, 0.15) is 52.7 Å². The monoisotopic (exact) mass is 1410 g/mol. The van der Waals surface area contributed by atoms with E-state index in [9.17, 15) is 73.7 Å². The van der Waals surface area contributed by atoms with Crippen LogP contribution in [0, 0.1) is 36.3 Å². The number of amides is 3. The van der Waals surface area contributed by atoms with Gasteiger partial charge in [-0.15, -0.1) is 0 Å².